The number of nitrogens with one attached hydrogen (secondary N) is 2. The van der Waals surface area contributed by atoms with Crippen molar-refractivity contribution in [3.8, 4) is 0 Å². The molecule has 1 aliphatic heterocycles. The van der Waals surface area contributed by atoms with Crippen molar-refractivity contribution >= 4 is 17.5 Å². The average molecular weight is 239 g/mol. The Hall–Kier alpha value is -1.06. The van der Waals surface area contributed by atoms with Gasteiger partial charge in [0.2, 0.25) is 5.91 Å². The highest BCUT2D eigenvalue weighted by Crippen LogP contribution is 2.10. The van der Waals surface area contributed by atoms with Gasteiger partial charge in [-0.15, -0.1) is 0 Å². The van der Waals surface area contributed by atoms with E-state index in [1.165, 1.54) is 0 Å². The van der Waals surface area contributed by atoms with E-state index in [0.29, 0.717) is 18.9 Å². The van der Waals surface area contributed by atoms with Crippen LogP contribution in [0.5, 0.6) is 0 Å². The summed E-state index contributed by atoms with van der Waals surface area (Å²) in [6.07, 6.45) is 0.626. The number of halogens is 1. The molecule has 1 aromatic carbocycles. The molecular formula is C12H15ClN2O. The lowest BCUT2D eigenvalue weighted by molar-refractivity contribution is -0.122. The Bertz CT molecular complexity index is 360. The van der Waals surface area contributed by atoms with E-state index in [1.54, 1.807) is 0 Å². The van der Waals surface area contributed by atoms with Gasteiger partial charge in [0.05, 0.1) is 0 Å². The summed E-state index contributed by atoms with van der Waals surface area (Å²) >= 11 is 5.78. The number of benzene rings is 1. The van der Waals surface area contributed by atoms with Gasteiger partial charge in [0.1, 0.15) is 0 Å². The van der Waals surface area contributed by atoms with E-state index in [2.05, 4.69) is 10.6 Å². The molecule has 0 radical (unpaired) electrons. The molecule has 0 aliphatic carbocycles. The lowest BCUT2D eigenvalue weighted by atomic mass is 9.99. The van der Waals surface area contributed by atoms with Crippen molar-refractivity contribution in [1.82, 2.24) is 10.6 Å². The minimum atomic E-state index is 0.126. The highest BCUT2D eigenvalue weighted by atomic mass is 35.5. The van der Waals surface area contributed by atoms with E-state index in [1.807, 2.05) is 24.3 Å². The molecule has 0 unspecified atom stereocenters. The van der Waals surface area contributed by atoms with Crippen LogP contribution < -0.4 is 10.6 Å². The summed E-state index contributed by atoms with van der Waals surface area (Å²) in [6.45, 7) is 2.51. The molecule has 16 heavy (non-hydrogen) atoms. The minimum absolute atomic E-state index is 0.126. The molecule has 0 spiro atoms. The number of carbonyl (C=O) groups excluding carboxylic acids is 1. The Kier molecular flexibility index (Phi) is 3.80. The molecule has 1 amide bonds. The maximum atomic E-state index is 11.5. The van der Waals surface area contributed by atoms with E-state index in [9.17, 15) is 4.79 Å². The van der Waals surface area contributed by atoms with Crippen molar-refractivity contribution in [2.75, 3.05) is 13.1 Å². The fourth-order valence-corrected chi connectivity index (χ4v) is 1.76. The van der Waals surface area contributed by atoms with Gasteiger partial charge in [-0.3, -0.25) is 4.79 Å². The first-order chi connectivity index (χ1) is 7.74. The molecule has 1 aliphatic rings. The molecule has 2 N–H and O–H groups in total. The van der Waals surface area contributed by atoms with Gasteiger partial charge in [-0.05, 0) is 36.7 Å². The van der Waals surface area contributed by atoms with Crippen molar-refractivity contribution in [1.29, 1.82) is 0 Å². The van der Waals surface area contributed by atoms with Crippen molar-refractivity contribution in [2.45, 2.75) is 13.0 Å². The summed E-state index contributed by atoms with van der Waals surface area (Å²) in [7, 11) is 0. The molecular weight excluding hydrogens is 224 g/mol. The van der Waals surface area contributed by atoms with Crippen LogP contribution >= 0.6 is 11.6 Å². The second-order valence-electron chi connectivity index (χ2n) is 4.13. The van der Waals surface area contributed by atoms with Crippen molar-refractivity contribution in [3.63, 3.8) is 0 Å². The normalized spacial score (nSPS) is 15.6. The fourth-order valence-electron chi connectivity index (χ4n) is 1.63. The van der Waals surface area contributed by atoms with Crippen LogP contribution in [0, 0.1) is 5.92 Å². The standard InChI is InChI=1S/C12H15ClN2O/c13-11-3-1-9(2-4-11)8-15-12(16)5-10-6-14-7-10/h1-4,10,14H,5-8H2,(H,15,16). The van der Waals surface area contributed by atoms with Crippen LogP contribution in [0.3, 0.4) is 0 Å². The second-order valence-corrected chi connectivity index (χ2v) is 4.57. The molecule has 0 aromatic heterocycles. The molecule has 0 atom stereocenters. The zero-order valence-electron chi connectivity index (χ0n) is 9.00. The molecule has 1 heterocycles. The van der Waals surface area contributed by atoms with E-state index in [4.69, 9.17) is 11.6 Å². The first-order valence-corrected chi connectivity index (χ1v) is 5.83. The largest absolute Gasteiger partial charge is 0.352 e. The Morgan fingerprint density at radius 1 is 1.38 bits per heavy atom. The lowest BCUT2D eigenvalue weighted by Crippen LogP contribution is -2.44. The predicted molar refractivity (Wildman–Crippen MR) is 64.3 cm³/mol. The molecule has 1 aromatic rings. The van der Waals surface area contributed by atoms with Gasteiger partial charge in [0.15, 0.2) is 0 Å². The van der Waals surface area contributed by atoms with Gasteiger partial charge in [-0.2, -0.15) is 0 Å². The molecule has 86 valence electrons. The monoisotopic (exact) mass is 238 g/mol. The van der Waals surface area contributed by atoms with Gasteiger partial charge in [-0.25, -0.2) is 0 Å². The summed E-state index contributed by atoms with van der Waals surface area (Å²) < 4.78 is 0. The predicted octanol–water partition coefficient (Wildman–Crippen LogP) is 1.57. The van der Waals surface area contributed by atoms with Gasteiger partial charge in [-0.1, -0.05) is 23.7 Å². The molecule has 0 saturated carbocycles. The van der Waals surface area contributed by atoms with Crippen LogP contribution in [0.1, 0.15) is 12.0 Å². The topological polar surface area (TPSA) is 41.1 Å². The molecule has 3 nitrogen and oxygen atoms in total. The fraction of sp³-hybridized carbons (Fsp3) is 0.417. The average Bonchev–Trinajstić information content (AvgIpc) is 2.23. The van der Waals surface area contributed by atoms with Crippen molar-refractivity contribution in [2.24, 2.45) is 5.92 Å². The minimum Gasteiger partial charge on any atom is -0.352 e. The highest BCUT2D eigenvalue weighted by Gasteiger charge is 2.19. The third kappa shape index (κ3) is 3.22. The van der Waals surface area contributed by atoms with Crippen molar-refractivity contribution < 1.29 is 4.79 Å². The molecule has 1 saturated heterocycles. The van der Waals surface area contributed by atoms with E-state index < -0.39 is 0 Å². The Morgan fingerprint density at radius 3 is 2.62 bits per heavy atom. The number of rotatable bonds is 4. The number of amides is 1. The molecule has 4 heteroatoms. The zero-order chi connectivity index (χ0) is 11.4. The smallest absolute Gasteiger partial charge is 0.220 e. The van der Waals surface area contributed by atoms with Crippen LogP contribution in [0.15, 0.2) is 24.3 Å². The SMILES string of the molecule is O=C(CC1CNC1)NCc1ccc(Cl)cc1. The van der Waals surface area contributed by atoms with Gasteiger partial charge < -0.3 is 10.6 Å². The molecule has 0 bridgehead atoms. The lowest BCUT2D eigenvalue weighted by Gasteiger charge is -2.26. The third-order valence-electron chi connectivity index (χ3n) is 2.74. The second kappa shape index (κ2) is 5.32. The number of carbonyl (C=O) groups is 1. The van der Waals surface area contributed by atoms with E-state index >= 15 is 0 Å². The van der Waals surface area contributed by atoms with Gasteiger partial charge in [0.25, 0.3) is 0 Å². The summed E-state index contributed by atoms with van der Waals surface area (Å²) in [5, 5.41) is 6.78. The van der Waals surface area contributed by atoms with Gasteiger partial charge in [0, 0.05) is 18.0 Å². The van der Waals surface area contributed by atoms with Crippen LogP contribution in [0.25, 0.3) is 0 Å². The molecule has 1 fully saturated rings. The van der Waals surface area contributed by atoms with Crippen LogP contribution in [0.4, 0.5) is 0 Å². The van der Waals surface area contributed by atoms with Crippen LogP contribution in [-0.4, -0.2) is 19.0 Å². The van der Waals surface area contributed by atoms with Crippen molar-refractivity contribution in [3.05, 3.63) is 34.9 Å². The Balaban J connectivity index is 1.73. The number of hydrogen-bond acceptors (Lipinski definition) is 2. The quantitative estimate of drug-likeness (QED) is 0.836. The third-order valence-corrected chi connectivity index (χ3v) is 3.00. The molecule has 2 rings (SSSR count). The highest BCUT2D eigenvalue weighted by molar-refractivity contribution is 6.30. The summed E-state index contributed by atoms with van der Waals surface area (Å²) in [5.41, 5.74) is 1.07. The van der Waals surface area contributed by atoms with Crippen LogP contribution in [-0.2, 0) is 11.3 Å². The summed E-state index contributed by atoms with van der Waals surface area (Å²) in [6, 6.07) is 7.51. The summed E-state index contributed by atoms with van der Waals surface area (Å²) in [4.78, 5) is 11.5. The van der Waals surface area contributed by atoms with Crippen LogP contribution in [0.2, 0.25) is 5.02 Å². The zero-order valence-corrected chi connectivity index (χ0v) is 9.76. The Labute approximate surface area is 100 Å². The summed E-state index contributed by atoms with van der Waals surface area (Å²) in [5.74, 6) is 0.645. The van der Waals surface area contributed by atoms with E-state index in [0.717, 1.165) is 23.7 Å². The maximum Gasteiger partial charge on any atom is 0.220 e. The van der Waals surface area contributed by atoms with Gasteiger partial charge >= 0.3 is 0 Å². The number of hydrogen-bond donors (Lipinski definition) is 2. The Morgan fingerprint density at radius 2 is 2.06 bits per heavy atom. The maximum absolute atomic E-state index is 11.5. The first kappa shape index (κ1) is 11.4. The first-order valence-electron chi connectivity index (χ1n) is 5.46. The van der Waals surface area contributed by atoms with E-state index in [-0.39, 0.29) is 5.91 Å².